The Morgan fingerprint density at radius 1 is 1.33 bits per heavy atom. The van der Waals surface area contributed by atoms with Crippen LogP contribution in [0.4, 0.5) is 5.00 Å². The molecule has 1 amide bonds. The summed E-state index contributed by atoms with van der Waals surface area (Å²) in [5.74, 6) is 0.451. The Morgan fingerprint density at radius 2 is 2.17 bits per heavy atom. The van der Waals surface area contributed by atoms with E-state index in [-0.39, 0.29) is 5.91 Å². The summed E-state index contributed by atoms with van der Waals surface area (Å²) in [6.45, 7) is 4.08. The molecule has 0 radical (unpaired) electrons. The summed E-state index contributed by atoms with van der Waals surface area (Å²) in [4.78, 5) is 13.7. The van der Waals surface area contributed by atoms with Gasteiger partial charge in [0.05, 0.1) is 11.3 Å². The maximum atomic E-state index is 12.5. The maximum absolute atomic E-state index is 12.5. The summed E-state index contributed by atoms with van der Waals surface area (Å²) in [6, 6.07) is 8.40. The lowest BCUT2D eigenvalue weighted by Gasteiger charge is -2.09. The first-order chi connectivity index (χ1) is 14.6. The van der Waals surface area contributed by atoms with Crippen LogP contribution >= 0.6 is 23.1 Å². The van der Waals surface area contributed by atoms with Crippen LogP contribution in [-0.4, -0.2) is 31.9 Å². The number of fused-ring (bicyclic) bond motifs is 1. The fourth-order valence-electron chi connectivity index (χ4n) is 3.66. The SMILES string of the molecule is Cc1ccc(-n2nnnc2SCCC(=O)Nc2sc3c(c2C#N)CCCC3)c(C)c1. The largest absolute Gasteiger partial charge is 0.317 e. The summed E-state index contributed by atoms with van der Waals surface area (Å²) in [5, 5.41) is 25.8. The zero-order valence-electron chi connectivity index (χ0n) is 16.9. The third kappa shape index (κ3) is 4.25. The van der Waals surface area contributed by atoms with Crippen molar-refractivity contribution in [2.24, 2.45) is 0 Å². The molecule has 0 saturated heterocycles. The van der Waals surface area contributed by atoms with Gasteiger partial charge in [-0.25, -0.2) is 0 Å². The maximum Gasteiger partial charge on any atom is 0.225 e. The van der Waals surface area contributed by atoms with Gasteiger partial charge in [0.2, 0.25) is 11.1 Å². The van der Waals surface area contributed by atoms with Crippen molar-refractivity contribution >= 4 is 34.0 Å². The van der Waals surface area contributed by atoms with E-state index in [9.17, 15) is 10.1 Å². The molecule has 0 saturated carbocycles. The first-order valence-electron chi connectivity index (χ1n) is 9.90. The van der Waals surface area contributed by atoms with Gasteiger partial charge in [-0.3, -0.25) is 4.79 Å². The van der Waals surface area contributed by atoms with Crippen LogP contribution in [0.15, 0.2) is 23.4 Å². The summed E-state index contributed by atoms with van der Waals surface area (Å²) in [7, 11) is 0. The zero-order chi connectivity index (χ0) is 21.1. The van der Waals surface area contributed by atoms with Crippen LogP contribution in [0.3, 0.4) is 0 Å². The minimum atomic E-state index is -0.0943. The zero-order valence-corrected chi connectivity index (χ0v) is 18.6. The fourth-order valence-corrected chi connectivity index (χ4v) is 5.74. The lowest BCUT2D eigenvalue weighted by Crippen LogP contribution is -2.12. The highest BCUT2D eigenvalue weighted by Gasteiger charge is 2.22. The van der Waals surface area contributed by atoms with Gasteiger partial charge in [0, 0.05) is 17.1 Å². The number of nitrogens with zero attached hydrogens (tertiary/aromatic N) is 5. The van der Waals surface area contributed by atoms with E-state index in [2.05, 4.69) is 33.0 Å². The molecule has 1 aliphatic carbocycles. The van der Waals surface area contributed by atoms with Crippen molar-refractivity contribution in [2.45, 2.75) is 51.1 Å². The predicted molar refractivity (Wildman–Crippen MR) is 118 cm³/mol. The molecule has 1 N–H and O–H groups in total. The number of nitriles is 1. The lowest BCUT2D eigenvalue weighted by molar-refractivity contribution is -0.115. The van der Waals surface area contributed by atoms with E-state index in [0.29, 0.717) is 27.9 Å². The Morgan fingerprint density at radius 3 is 2.97 bits per heavy atom. The number of aryl methyl sites for hydroxylation is 3. The van der Waals surface area contributed by atoms with Crippen LogP contribution in [0.5, 0.6) is 0 Å². The summed E-state index contributed by atoms with van der Waals surface area (Å²) in [6.07, 6.45) is 4.51. The van der Waals surface area contributed by atoms with Gasteiger partial charge >= 0.3 is 0 Å². The molecule has 0 spiro atoms. The molecule has 7 nitrogen and oxygen atoms in total. The number of rotatable bonds is 6. The Labute approximate surface area is 183 Å². The predicted octanol–water partition coefficient (Wildman–Crippen LogP) is 4.21. The van der Waals surface area contributed by atoms with Gasteiger partial charge < -0.3 is 5.32 Å². The molecule has 4 rings (SSSR count). The molecule has 1 aromatic carbocycles. The van der Waals surface area contributed by atoms with Crippen molar-refractivity contribution in [3.8, 4) is 11.8 Å². The van der Waals surface area contributed by atoms with Gasteiger partial charge in [-0.05, 0) is 67.2 Å². The first kappa shape index (κ1) is 20.6. The molecule has 0 unspecified atom stereocenters. The second kappa shape index (κ2) is 8.98. The van der Waals surface area contributed by atoms with E-state index in [1.54, 1.807) is 16.0 Å². The number of thioether (sulfide) groups is 1. The van der Waals surface area contributed by atoms with Crippen LogP contribution in [0.1, 0.15) is 46.4 Å². The van der Waals surface area contributed by atoms with Gasteiger partial charge in [-0.15, -0.1) is 16.4 Å². The number of amides is 1. The van der Waals surface area contributed by atoms with Crippen LogP contribution in [0.25, 0.3) is 5.69 Å². The van der Waals surface area contributed by atoms with Crippen molar-refractivity contribution < 1.29 is 4.79 Å². The van der Waals surface area contributed by atoms with Crippen LogP contribution in [0, 0.1) is 25.2 Å². The number of benzene rings is 1. The topological polar surface area (TPSA) is 96.5 Å². The van der Waals surface area contributed by atoms with Crippen molar-refractivity contribution in [3.05, 3.63) is 45.3 Å². The van der Waals surface area contributed by atoms with E-state index in [1.165, 1.54) is 22.2 Å². The van der Waals surface area contributed by atoms with E-state index in [1.807, 2.05) is 26.0 Å². The number of aromatic nitrogens is 4. The molecule has 3 aromatic rings. The van der Waals surface area contributed by atoms with Crippen LogP contribution in [0.2, 0.25) is 0 Å². The van der Waals surface area contributed by atoms with Gasteiger partial charge in [-0.1, -0.05) is 29.5 Å². The molecule has 0 aliphatic heterocycles. The monoisotopic (exact) mass is 438 g/mol. The number of carbonyl (C=O) groups is 1. The molecule has 2 heterocycles. The second-order valence-corrected chi connectivity index (χ2v) is 9.50. The normalized spacial score (nSPS) is 13.0. The molecule has 154 valence electrons. The quantitative estimate of drug-likeness (QED) is 0.579. The average molecular weight is 439 g/mol. The third-order valence-corrected chi connectivity index (χ3v) is 7.25. The van der Waals surface area contributed by atoms with Crippen molar-refractivity contribution in [2.75, 3.05) is 11.1 Å². The van der Waals surface area contributed by atoms with E-state index in [4.69, 9.17) is 0 Å². The second-order valence-electron chi connectivity index (χ2n) is 7.34. The van der Waals surface area contributed by atoms with Gasteiger partial charge in [0.15, 0.2) is 0 Å². The first-order valence-corrected chi connectivity index (χ1v) is 11.7. The minimum Gasteiger partial charge on any atom is -0.317 e. The van der Waals surface area contributed by atoms with Crippen molar-refractivity contribution in [1.29, 1.82) is 5.26 Å². The van der Waals surface area contributed by atoms with E-state index >= 15 is 0 Å². The summed E-state index contributed by atoms with van der Waals surface area (Å²) in [5.41, 5.74) is 4.98. The fraction of sp³-hybridized carbons (Fsp3) is 0.381. The lowest BCUT2D eigenvalue weighted by atomic mass is 9.96. The van der Waals surface area contributed by atoms with Gasteiger partial charge in [0.1, 0.15) is 11.1 Å². The van der Waals surface area contributed by atoms with Gasteiger partial charge in [0.25, 0.3) is 0 Å². The minimum absolute atomic E-state index is 0.0943. The Kier molecular flexibility index (Phi) is 6.16. The molecular weight excluding hydrogens is 416 g/mol. The molecule has 0 fully saturated rings. The molecule has 0 bridgehead atoms. The highest BCUT2D eigenvalue weighted by atomic mass is 32.2. The number of hydrogen-bond acceptors (Lipinski definition) is 7. The number of nitrogens with one attached hydrogen (secondary N) is 1. The average Bonchev–Trinajstić information content (AvgIpc) is 3.31. The van der Waals surface area contributed by atoms with Gasteiger partial charge in [-0.2, -0.15) is 9.94 Å². The van der Waals surface area contributed by atoms with Crippen LogP contribution in [-0.2, 0) is 17.6 Å². The van der Waals surface area contributed by atoms with Crippen LogP contribution < -0.4 is 5.32 Å². The van der Waals surface area contributed by atoms with Crippen molar-refractivity contribution in [1.82, 2.24) is 20.2 Å². The van der Waals surface area contributed by atoms with Crippen molar-refractivity contribution in [3.63, 3.8) is 0 Å². The third-order valence-electron chi connectivity index (χ3n) is 5.12. The smallest absolute Gasteiger partial charge is 0.225 e. The molecule has 0 atom stereocenters. The summed E-state index contributed by atoms with van der Waals surface area (Å²) >= 11 is 2.99. The number of carbonyl (C=O) groups excluding carboxylic acids is 1. The number of hydrogen-bond donors (Lipinski definition) is 1. The Bertz CT molecular complexity index is 1130. The Balaban J connectivity index is 1.38. The number of tetrazole rings is 1. The highest BCUT2D eigenvalue weighted by molar-refractivity contribution is 7.99. The van der Waals surface area contributed by atoms with E-state index in [0.717, 1.165) is 42.5 Å². The highest BCUT2D eigenvalue weighted by Crippen LogP contribution is 2.37. The van der Waals surface area contributed by atoms with E-state index < -0.39 is 0 Å². The standard InChI is InChI=1S/C21H22N6OS2/c1-13-7-8-17(14(2)11-13)27-21(24-25-26-27)29-10-9-19(28)23-20-16(12-22)15-5-3-4-6-18(15)30-20/h7-8,11H,3-6,9-10H2,1-2H3,(H,23,28). The molecule has 30 heavy (non-hydrogen) atoms. The molecular formula is C21H22N6OS2. The molecule has 9 heteroatoms. The molecule has 2 aromatic heterocycles. The summed E-state index contributed by atoms with van der Waals surface area (Å²) < 4.78 is 1.71. The number of thiophene rings is 1. The molecule has 1 aliphatic rings. The number of anilines is 1. The Hall–Kier alpha value is -2.70.